The summed E-state index contributed by atoms with van der Waals surface area (Å²) >= 11 is 6.04. The van der Waals surface area contributed by atoms with E-state index < -0.39 is 0 Å². The van der Waals surface area contributed by atoms with Crippen LogP contribution in [0.3, 0.4) is 0 Å². The lowest BCUT2D eigenvalue weighted by Crippen LogP contribution is -2.30. The first kappa shape index (κ1) is 13.0. The number of anilines is 1. The van der Waals surface area contributed by atoms with Crippen molar-refractivity contribution in [3.63, 3.8) is 0 Å². The summed E-state index contributed by atoms with van der Waals surface area (Å²) in [5.41, 5.74) is 2.82. The summed E-state index contributed by atoms with van der Waals surface area (Å²) in [6.45, 7) is 2.47. The van der Waals surface area contributed by atoms with E-state index in [-0.39, 0.29) is 5.91 Å². The SMILES string of the molecule is CC(=O)N1Cc2cc(Cl)ccc2OCc2ccccc21. The number of nitrogens with zero attached hydrogens (tertiary/aromatic N) is 1. The van der Waals surface area contributed by atoms with Crippen molar-refractivity contribution >= 4 is 23.2 Å². The summed E-state index contributed by atoms with van der Waals surface area (Å²) in [4.78, 5) is 13.7. The molecule has 1 aliphatic rings. The van der Waals surface area contributed by atoms with Gasteiger partial charge in [-0.1, -0.05) is 29.8 Å². The Kier molecular flexibility index (Phi) is 3.36. The second-order valence-corrected chi connectivity index (χ2v) is 5.21. The van der Waals surface area contributed by atoms with Crippen molar-refractivity contribution in [3.8, 4) is 5.75 Å². The molecule has 0 aliphatic carbocycles. The Balaban J connectivity index is 2.10. The van der Waals surface area contributed by atoms with Gasteiger partial charge in [-0.15, -0.1) is 0 Å². The Labute approximate surface area is 122 Å². The second-order valence-electron chi connectivity index (χ2n) is 4.77. The first-order valence-corrected chi connectivity index (χ1v) is 6.80. The van der Waals surface area contributed by atoms with Crippen LogP contribution in [0, 0.1) is 0 Å². The summed E-state index contributed by atoms with van der Waals surface area (Å²) in [6, 6.07) is 13.3. The van der Waals surface area contributed by atoms with Crippen LogP contribution in [0.4, 0.5) is 5.69 Å². The topological polar surface area (TPSA) is 29.5 Å². The summed E-state index contributed by atoms with van der Waals surface area (Å²) in [6.07, 6.45) is 0. The average Bonchev–Trinajstić information content (AvgIpc) is 2.41. The molecule has 0 N–H and O–H groups in total. The smallest absolute Gasteiger partial charge is 0.224 e. The average molecular weight is 288 g/mol. The van der Waals surface area contributed by atoms with Crippen LogP contribution in [0.15, 0.2) is 42.5 Å². The number of carbonyl (C=O) groups excluding carboxylic acids is 1. The van der Waals surface area contributed by atoms with Gasteiger partial charge in [0, 0.05) is 23.1 Å². The van der Waals surface area contributed by atoms with Crippen LogP contribution in [-0.2, 0) is 17.9 Å². The fourth-order valence-corrected chi connectivity index (χ4v) is 2.60. The summed E-state index contributed by atoms with van der Waals surface area (Å²) in [5.74, 6) is 0.778. The molecule has 3 nitrogen and oxygen atoms in total. The lowest BCUT2D eigenvalue weighted by atomic mass is 10.1. The molecule has 3 rings (SSSR count). The van der Waals surface area contributed by atoms with Crippen LogP contribution in [0.25, 0.3) is 0 Å². The monoisotopic (exact) mass is 287 g/mol. The van der Waals surface area contributed by atoms with E-state index in [4.69, 9.17) is 16.3 Å². The Morgan fingerprint density at radius 2 is 2.00 bits per heavy atom. The highest BCUT2D eigenvalue weighted by molar-refractivity contribution is 6.30. The van der Waals surface area contributed by atoms with Gasteiger partial charge >= 0.3 is 0 Å². The van der Waals surface area contributed by atoms with Gasteiger partial charge in [0.25, 0.3) is 0 Å². The normalized spacial score (nSPS) is 13.6. The third-order valence-electron chi connectivity index (χ3n) is 3.40. The van der Waals surface area contributed by atoms with E-state index in [9.17, 15) is 4.79 Å². The zero-order valence-corrected chi connectivity index (χ0v) is 11.9. The van der Waals surface area contributed by atoms with Gasteiger partial charge in [-0.2, -0.15) is 0 Å². The predicted octanol–water partition coefficient (Wildman–Crippen LogP) is 3.79. The van der Waals surface area contributed by atoms with E-state index in [2.05, 4.69) is 0 Å². The summed E-state index contributed by atoms with van der Waals surface area (Å²) in [7, 11) is 0. The van der Waals surface area contributed by atoms with Crippen LogP contribution in [0.5, 0.6) is 5.75 Å². The van der Waals surface area contributed by atoms with Crippen LogP contribution in [-0.4, -0.2) is 5.91 Å². The maximum atomic E-state index is 12.0. The number of benzene rings is 2. The third-order valence-corrected chi connectivity index (χ3v) is 3.63. The molecule has 0 fully saturated rings. The molecule has 0 saturated heterocycles. The molecule has 2 aromatic carbocycles. The number of halogens is 1. The second kappa shape index (κ2) is 5.17. The van der Waals surface area contributed by atoms with E-state index in [1.807, 2.05) is 36.4 Å². The van der Waals surface area contributed by atoms with Gasteiger partial charge < -0.3 is 9.64 Å². The van der Waals surface area contributed by atoms with Crippen LogP contribution in [0.2, 0.25) is 5.02 Å². The number of ether oxygens (including phenoxy) is 1. The van der Waals surface area contributed by atoms with Crippen molar-refractivity contribution in [2.75, 3.05) is 4.90 Å². The number of hydrogen-bond acceptors (Lipinski definition) is 2. The lowest BCUT2D eigenvalue weighted by Gasteiger charge is -2.28. The van der Waals surface area contributed by atoms with Crippen molar-refractivity contribution in [3.05, 3.63) is 58.6 Å². The molecular formula is C16H14ClNO2. The highest BCUT2D eigenvalue weighted by Crippen LogP contribution is 2.32. The molecule has 0 bridgehead atoms. The van der Waals surface area contributed by atoms with Gasteiger partial charge in [0.1, 0.15) is 12.4 Å². The van der Waals surface area contributed by atoms with Gasteiger partial charge in [0.15, 0.2) is 0 Å². The maximum absolute atomic E-state index is 12.0. The number of para-hydroxylation sites is 1. The van der Waals surface area contributed by atoms with Gasteiger partial charge in [-0.3, -0.25) is 4.79 Å². The van der Waals surface area contributed by atoms with Crippen LogP contribution < -0.4 is 9.64 Å². The molecule has 0 saturated carbocycles. The first-order valence-electron chi connectivity index (χ1n) is 6.42. The molecule has 1 heterocycles. The Morgan fingerprint density at radius 1 is 1.20 bits per heavy atom. The maximum Gasteiger partial charge on any atom is 0.224 e. The minimum Gasteiger partial charge on any atom is -0.488 e. The lowest BCUT2D eigenvalue weighted by molar-refractivity contribution is -0.116. The molecule has 102 valence electrons. The number of fused-ring (bicyclic) bond motifs is 2. The molecular weight excluding hydrogens is 274 g/mol. The molecule has 20 heavy (non-hydrogen) atoms. The molecule has 0 spiro atoms. The van der Waals surface area contributed by atoms with Crippen molar-refractivity contribution in [1.82, 2.24) is 0 Å². The Bertz CT molecular complexity index is 669. The largest absolute Gasteiger partial charge is 0.488 e. The molecule has 0 aromatic heterocycles. The van der Waals surface area contributed by atoms with Gasteiger partial charge in [0.05, 0.1) is 12.2 Å². The highest BCUT2D eigenvalue weighted by atomic mass is 35.5. The fraction of sp³-hybridized carbons (Fsp3) is 0.188. The van der Waals surface area contributed by atoms with Crippen molar-refractivity contribution in [2.24, 2.45) is 0 Å². The van der Waals surface area contributed by atoms with Gasteiger partial charge in [0.2, 0.25) is 5.91 Å². The summed E-state index contributed by atoms with van der Waals surface area (Å²) in [5, 5.41) is 0.643. The minimum absolute atomic E-state index is 0.00488. The van der Waals surface area contributed by atoms with E-state index >= 15 is 0 Å². The minimum atomic E-state index is 0.00488. The Morgan fingerprint density at radius 3 is 2.80 bits per heavy atom. The number of hydrogen-bond donors (Lipinski definition) is 0. The van der Waals surface area contributed by atoms with Crippen molar-refractivity contribution in [2.45, 2.75) is 20.1 Å². The Hall–Kier alpha value is -2.00. The number of rotatable bonds is 0. The molecule has 2 aromatic rings. The molecule has 0 atom stereocenters. The molecule has 0 unspecified atom stereocenters. The van der Waals surface area contributed by atoms with Crippen LogP contribution in [0.1, 0.15) is 18.1 Å². The van der Waals surface area contributed by atoms with E-state index in [1.165, 1.54) is 0 Å². The number of amides is 1. The summed E-state index contributed by atoms with van der Waals surface area (Å²) < 4.78 is 5.84. The fourth-order valence-electron chi connectivity index (χ4n) is 2.40. The highest BCUT2D eigenvalue weighted by Gasteiger charge is 2.20. The molecule has 0 radical (unpaired) electrons. The first-order chi connectivity index (χ1) is 9.65. The molecule has 4 heteroatoms. The van der Waals surface area contributed by atoms with Gasteiger partial charge in [-0.05, 0) is 24.3 Å². The third kappa shape index (κ3) is 2.37. The van der Waals surface area contributed by atoms with E-state index in [1.54, 1.807) is 17.9 Å². The molecule has 1 amide bonds. The van der Waals surface area contributed by atoms with Gasteiger partial charge in [-0.25, -0.2) is 0 Å². The quantitative estimate of drug-likeness (QED) is 0.738. The predicted molar refractivity (Wildman–Crippen MR) is 79.1 cm³/mol. The van der Waals surface area contributed by atoms with E-state index in [0.29, 0.717) is 18.2 Å². The van der Waals surface area contributed by atoms with E-state index in [0.717, 1.165) is 22.6 Å². The zero-order valence-electron chi connectivity index (χ0n) is 11.1. The standard InChI is InChI=1S/C16H14ClNO2/c1-11(19)18-9-13-8-14(17)6-7-16(13)20-10-12-4-2-3-5-15(12)18/h2-8H,9-10H2,1H3. The zero-order chi connectivity index (χ0) is 14.1. The van der Waals surface area contributed by atoms with Crippen molar-refractivity contribution in [1.29, 1.82) is 0 Å². The van der Waals surface area contributed by atoms with Crippen LogP contribution >= 0.6 is 11.6 Å². The molecule has 1 aliphatic heterocycles. The number of carbonyl (C=O) groups is 1. The van der Waals surface area contributed by atoms with Crippen molar-refractivity contribution < 1.29 is 9.53 Å².